The first-order chi connectivity index (χ1) is 34.6. The number of fused-ring (bicyclic) bond motifs is 4. The highest BCUT2D eigenvalue weighted by Gasteiger charge is 2.23. The molecule has 0 saturated heterocycles. The van der Waals surface area contributed by atoms with Crippen molar-refractivity contribution in [2.45, 2.75) is 0 Å². The molecule has 0 bridgehead atoms. The second kappa shape index (κ2) is 16.9. The molecule has 13 rings (SSSR count). The molecule has 12 aromatic rings. The van der Waals surface area contributed by atoms with Gasteiger partial charge in [-0.3, -0.25) is 0 Å². The Morgan fingerprint density at radius 2 is 0.714 bits per heavy atom. The molecule has 11 aromatic carbocycles. The zero-order valence-corrected chi connectivity index (χ0v) is 37.9. The van der Waals surface area contributed by atoms with Crippen LogP contribution in [0.2, 0.25) is 0 Å². The van der Waals surface area contributed by atoms with Gasteiger partial charge in [0.25, 0.3) is 0 Å². The van der Waals surface area contributed by atoms with E-state index in [2.05, 4.69) is 194 Å². The summed E-state index contributed by atoms with van der Waals surface area (Å²) in [6.07, 6.45) is 0. The Kier molecular flexibility index (Phi) is 9.85. The largest absolute Gasteiger partial charge is 0.208 e. The highest BCUT2D eigenvalue weighted by molar-refractivity contribution is 6.15. The van der Waals surface area contributed by atoms with Crippen molar-refractivity contribution >= 4 is 21.5 Å². The second-order valence-corrected chi connectivity index (χ2v) is 17.8. The van der Waals surface area contributed by atoms with Gasteiger partial charge in [0.2, 0.25) is 0 Å². The number of nitriles is 1. The van der Waals surface area contributed by atoms with Crippen molar-refractivity contribution in [2.24, 2.45) is 0 Å². The van der Waals surface area contributed by atoms with Gasteiger partial charge in [0.15, 0.2) is 17.5 Å². The summed E-state index contributed by atoms with van der Waals surface area (Å²) in [6, 6.07) is 87.5. The first-order valence-electron chi connectivity index (χ1n) is 23.6. The van der Waals surface area contributed by atoms with Crippen LogP contribution in [0.1, 0.15) is 5.56 Å². The maximum Gasteiger partial charge on any atom is 0.164 e. The Morgan fingerprint density at radius 1 is 0.257 bits per heavy atom. The Hall–Kier alpha value is -9.56. The van der Waals surface area contributed by atoms with Gasteiger partial charge in [-0.05, 0) is 130 Å². The standard InChI is InChI=1S/C66H40N4/c67-41-42-33-35-53(48-22-10-21-46(38-48)47-34-36-56-57-31-13-19-44-20-14-32-58(63(44)57)62(56)40-47)61(37-42)50-24-11-23-49(39-50)52-26-6-8-28-59(52)65-68-64(45-16-2-1-3-17-45)69-66(70-65)60-29-9-7-27-55(60)54-30-12-18-43-15-4-5-25-51(43)54/h1-40H. The normalized spacial score (nSPS) is 11.4. The van der Waals surface area contributed by atoms with Gasteiger partial charge >= 0.3 is 0 Å². The number of aromatic nitrogens is 3. The maximum absolute atomic E-state index is 10.2. The van der Waals surface area contributed by atoms with Gasteiger partial charge in [0, 0.05) is 16.7 Å². The minimum absolute atomic E-state index is 0.577. The SMILES string of the molecule is N#Cc1ccc(-c2cccc(-c3ccc4c(c3)-c3cccc5cccc-4c35)c2)c(-c2cccc(-c3ccccc3-c3nc(-c4ccccc4)nc(-c4ccccc4-c4cccc5ccccc45)n3)c2)c1. The molecule has 0 unspecified atom stereocenters. The van der Waals surface area contributed by atoms with Gasteiger partial charge < -0.3 is 0 Å². The maximum atomic E-state index is 10.2. The third-order valence-electron chi connectivity index (χ3n) is 13.7. The molecule has 4 nitrogen and oxygen atoms in total. The quantitative estimate of drug-likeness (QED) is 0.152. The molecule has 1 aliphatic rings. The van der Waals surface area contributed by atoms with Crippen molar-refractivity contribution in [3.05, 3.63) is 248 Å². The van der Waals surface area contributed by atoms with E-state index in [0.717, 1.165) is 72.3 Å². The van der Waals surface area contributed by atoms with Crippen molar-refractivity contribution in [3.8, 4) is 118 Å². The van der Waals surface area contributed by atoms with Gasteiger partial charge in [-0.15, -0.1) is 0 Å². The molecule has 70 heavy (non-hydrogen) atoms. The van der Waals surface area contributed by atoms with Gasteiger partial charge in [-0.25, -0.2) is 15.0 Å². The zero-order chi connectivity index (χ0) is 46.5. The van der Waals surface area contributed by atoms with Crippen LogP contribution >= 0.6 is 0 Å². The molecule has 0 amide bonds. The van der Waals surface area contributed by atoms with E-state index < -0.39 is 0 Å². The molecular formula is C66H40N4. The van der Waals surface area contributed by atoms with Crippen molar-refractivity contribution in [1.82, 2.24) is 15.0 Å². The number of hydrogen-bond acceptors (Lipinski definition) is 4. The van der Waals surface area contributed by atoms with Gasteiger partial charge in [-0.2, -0.15) is 5.26 Å². The van der Waals surface area contributed by atoms with E-state index in [9.17, 15) is 5.26 Å². The van der Waals surface area contributed by atoms with Gasteiger partial charge in [0.1, 0.15) is 0 Å². The first-order valence-corrected chi connectivity index (χ1v) is 23.6. The average molecular weight is 889 g/mol. The highest BCUT2D eigenvalue weighted by atomic mass is 15.0. The van der Waals surface area contributed by atoms with E-state index in [1.165, 1.54) is 43.8 Å². The van der Waals surface area contributed by atoms with E-state index in [4.69, 9.17) is 15.0 Å². The minimum atomic E-state index is 0.577. The summed E-state index contributed by atoms with van der Waals surface area (Å²) in [6.45, 7) is 0. The summed E-state index contributed by atoms with van der Waals surface area (Å²) < 4.78 is 0. The summed E-state index contributed by atoms with van der Waals surface area (Å²) in [5.41, 5.74) is 19.0. The lowest BCUT2D eigenvalue weighted by molar-refractivity contribution is 1.07. The lowest BCUT2D eigenvalue weighted by atomic mass is 9.89. The third kappa shape index (κ3) is 7.04. The molecule has 1 heterocycles. The molecule has 0 aliphatic heterocycles. The fourth-order valence-electron chi connectivity index (χ4n) is 10.4. The summed E-state index contributed by atoms with van der Waals surface area (Å²) in [5, 5.41) is 15.2. The van der Waals surface area contributed by atoms with E-state index in [0.29, 0.717) is 23.0 Å². The lowest BCUT2D eigenvalue weighted by Crippen LogP contribution is -2.02. The Bertz CT molecular complexity index is 4080. The molecule has 4 heteroatoms. The van der Waals surface area contributed by atoms with Crippen LogP contribution in [0.15, 0.2) is 243 Å². The molecule has 0 saturated carbocycles. The summed E-state index contributed by atoms with van der Waals surface area (Å²) >= 11 is 0. The molecule has 1 aromatic heterocycles. The second-order valence-electron chi connectivity index (χ2n) is 17.8. The van der Waals surface area contributed by atoms with Gasteiger partial charge in [-0.1, -0.05) is 212 Å². The highest BCUT2D eigenvalue weighted by Crippen LogP contribution is 2.49. The van der Waals surface area contributed by atoms with Gasteiger partial charge in [0.05, 0.1) is 11.6 Å². The lowest BCUT2D eigenvalue weighted by Gasteiger charge is -2.16. The molecule has 0 N–H and O–H groups in total. The number of rotatable bonds is 8. The first kappa shape index (κ1) is 40.7. The van der Waals surface area contributed by atoms with Crippen LogP contribution in [-0.4, -0.2) is 15.0 Å². The van der Waals surface area contributed by atoms with Crippen LogP contribution in [0.5, 0.6) is 0 Å². The van der Waals surface area contributed by atoms with E-state index >= 15 is 0 Å². The van der Waals surface area contributed by atoms with Crippen LogP contribution in [0.3, 0.4) is 0 Å². The van der Waals surface area contributed by atoms with Crippen LogP contribution in [-0.2, 0) is 0 Å². The molecular weight excluding hydrogens is 849 g/mol. The number of benzene rings is 11. The minimum Gasteiger partial charge on any atom is -0.208 e. The van der Waals surface area contributed by atoms with E-state index in [1.54, 1.807) is 0 Å². The van der Waals surface area contributed by atoms with E-state index in [-0.39, 0.29) is 0 Å². The Balaban J connectivity index is 0.911. The van der Waals surface area contributed by atoms with Crippen molar-refractivity contribution in [2.75, 3.05) is 0 Å². The predicted molar refractivity (Wildman–Crippen MR) is 287 cm³/mol. The topological polar surface area (TPSA) is 62.5 Å². The summed E-state index contributed by atoms with van der Waals surface area (Å²) in [4.78, 5) is 15.7. The molecule has 0 spiro atoms. The summed E-state index contributed by atoms with van der Waals surface area (Å²) in [7, 11) is 0. The molecule has 1 aliphatic carbocycles. The smallest absolute Gasteiger partial charge is 0.164 e. The van der Waals surface area contributed by atoms with Crippen molar-refractivity contribution in [3.63, 3.8) is 0 Å². The van der Waals surface area contributed by atoms with Crippen LogP contribution in [0.25, 0.3) is 134 Å². The molecule has 324 valence electrons. The Morgan fingerprint density at radius 3 is 1.46 bits per heavy atom. The molecule has 0 fully saturated rings. The fraction of sp³-hybridized carbons (Fsp3) is 0. The monoisotopic (exact) mass is 888 g/mol. The predicted octanol–water partition coefficient (Wildman–Crippen LogP) is 17.0. The van der Waals surface area contributed by atoms with Crippen molar-refractivity contribution < 1.29 is 0 Å². The zero-order valence-electron chi connectivity index (χ0n) is 37.9. The summed E-state index contributed by atoms with van der Waals surface area (Å²) in [5.74, 6) is 1.77. The third-order valence-corrected chi connectivity index (χ3v) is 13.7. The number of nitrogens with zero attached hydrogens (tertiary/aromatic N) is 4. The molecule has 0 radical (unpaired) electrons. The van der Waals surface area contributed by atoms with Crippen LogP contribution in [0, 0.1) is 11.3 Å². The average Bonchev–Trinajstić information content (AvgIpc) is 3.76. The van der Waals surface area contributed by atoms with E-state index in [1.807, 2.05) is 54.6 Å². The Labute approximate surface area is 406 Å². The van der Waals surface area contributed by atoms with Crippen LogP contribution < -0.4 is 0 Å². The fourth-order valence-corrected chi connectivity index (χ4v) is 10.4. The van der Waals surface area contributed by atoms with Crippen molar-refractivity contribution in [1.29, 1.82) is 5.26 Å². The molecule has 0 atom stereocenters. The number of hydrogen-bond donors (Lipinski definition) is 0. The van der Waals surface area contributed by atoms with Crippen LogP contribution in [0.4, 0.5) is 0 Å².